The minimum atomic E-state index is -0.202. The first-order valence-corrected chi connectivity index (χ1v) is 33.2. The molecule has 2 aromatic carbocycles. The predicted octanol–water partition coefficient (Wildman–Crippen LogP) is 16.4. The van der Waals surface area contributed by atoms with Crippen molar-refractivity contribution >= 4 is 18.0 Å². The molecule has 12 aliphatic rings. The predicted molar refractivity (Wildman–Crippen MR) is 322 cm³/mol. The van der Waals surface area contributed by atoms with Gasteiger partial charge in [-0.25, -0.2) is 9.59 Å². The average molecular weight is 1120 g/mol. The van der Waals surface area contributed by atoms with Crippen molar-refractivity contribution in [2.75, 3.05) is 13.1 Å². The van der Waals surface area contributed by atoms with Gasteiger partial charge in [-0.1, -0.05) is 136 Å². The van der Waals surface area contributed by atoms with Gasteiger partial charge >= 0.3 is 12.2 Å². The monoisotopic (exact) mass is 1120 g/mol. The van der Waals surface area contributed by atoms with Crippen molar-refractivity contribution in [1.29, 1.82) is 0 Å². The molecule has 8 aliphatic carbocycles. The van der Waals surface area contributed by atoms with E-state index in [4.69, 9.17) is 18.9 Å². The lowest BCUT2D eigenvalue weighted by atomic mass is 9.52. The van der Waals surface area contributed by atoms with Crippen LogP contribution < -0.4 is 0 Å². The molecule has 444 valence electrons. The van der Waals surface area contributed by atoms with Crippen molar-refractivity contribution in [2.45, 2.75) is 233 Å². The van der Waals surface area contributed by atoms with Gasteiger partial charge in [0.25, 0.3) is 0 Å². The van der Waals surface area contributed by atoms with Gasteiger partial charge in [0.15, 0.2) is 0 Å². The first-order chi connectivity index (χ1) is 39.4. The van der Waals surface area contributed by atoms with Crippen LogP contribution in [0.4, 0.5) is 9.59 Å². The highest BCUT2D eigenvalue weighted by molar-refractivity contribution is 5.79. The zero-order valence-corrected chi connectivity index (χ0v) is 51.6. The highest BCUT2D eigenvalue weighted by Gasteiger charge is 2.63. The molecule has 14 rings (SSSR count). The fourth-order valence-corrected chi connectivity index (χ4v) is 21.7. The van der Waals surface area contributed by atoms with Crippen molar-refractivity contribution in [3.63, 3.8) is 0 Å². The second kappa shape index (κ2) is 21.9. The number of ether oxygens (including phenoxy) is 4. The van der Waals surface area contributed by atoms with Gasteiger partial charge < -0.3 is 28.7 Å². The van der Waals surface area contributed by atoms with Crippen molar-refractivity contribution < 1.29 is 33.3 Å². The Kier molecular flexibility index (Phi) is 15.2. The highest BCUT2D eigenvalue weighted by Crippen LogP contribution is 2.67. The SMILES string of the molecule is CC1=C2C[C@H]3[C@@H](CC[C@@H]4CC(=O)CC[C@@]43C)[C@@H]2CC[C@@]2(C1)O[C@@H]1C[C@H](C)CN(C(=O)OCc3ccccc3)[C@H]1[C@H]2C.CC1=C[C@H]2CC[C@H]3[C@@H]4CC[C@@]5(CC(C)=C4C[C@@H]3[C@@]2(C)CC1)O[C@@H]1C[C@H](C)CN(C(=O)OCc2ccccc2)[C@H]1[C@H]5C. The van der Waals surface area contributed by atoms with Crippen LogP contribution in [0.3, 0.4) is 0 Å². The van der Waals surface area contributed by atoms with Crippen LogP contribution in [-0.2, 0) is 37.0 Å². The van der Waals surface area contributed by atoms with Crippen LogP contribution in [0, 0.1) is 81.8 Å². The molecule has 2 spiro atoms. The maximum Gasteiger partial charge on any atom is 0.410 e. The number of piperidine rings is 2. The molecule has 4 heterocycles. The Bertz CT molecular complexity index is 2840. The van der Waals surface area contributed by atoms with Crippen LogP contribution in [0.1, 0.15) is 195 Å². The molecule has 9 nitrogen and oxygen atoms in total. The Morgan fingerprint density at radius 1 is 0.585 bits per heavy atom. The van der Waals surface area contributed by atoms with E-state index in [0.29, 0.717) is 59.4 Å². The fourth-order valence-electron chi connectivity index (χ4n) is 21.7. The quantitative estimate of drug-likeness (QED) is 0.282. The Morgan fingerprint density at radius 3 is 1.57 bits per heavy atom. The standard InChI is InChI=1S/C37H51NO3.C36H49NO4/c1-23-13-15-36(5)28(17-23)11-12-30-29-14-16-37(20-25(3)31(29)19-32(30)36)26(4)34-33(41-37)18-24(2)21-38(34)35(39)40-22-27-9-7-6-8-10-27;1-22-16-32-33(37(20-22)34(39)40-21-25-8-6-5-7-9-25)24(3)36(41-32)15-13-28-29-11-10-26-17-27(38)12-14-35(26,4)31(29)18-30(28)23(2)19-36/h6-10,17,24,26,28-30,32-34H,11-16,18-22H2,1-5H3;5-9,22,24,26,28-29,31-33H,10-21H2,1-4H3/t24-,26+,28+,29-,30-,32-,33+,34-,36-,37-;22-,24+,26+,28-,29-,31-,32+,33-,35-,36-/m00/s1. The minimum absolute atomic E-state index is 0.0760. The lowest BCUT2D eigenvalue weighted by Crippen LogP contribution is -2.54. The van der Waals surface area contributed by atoms with E-state index in [9.17, 15) is 14.4 Å². The lowest BCUT2D eigenvalue weighted by Gasteiger charge is -2.52. The first kappa shape index (κ1) is 56.9. The molecular weight excluding hydrogens is 1020 g/mol. The molecule has 4 saturated heterocycles. The summed E-state index contributed by atoms with van der Waals surface area (Å²) in [5, 5.41) is 0. The van der Waals surface area contributed by atoms with Crippen molar-refractivity contribution in [3.05, 3.63) is 106 Å². The van der Waals surface area contributed by atoms with Gasteiger partial charge in [0, 0.05) is 37.8 Å². The van der Waals surface area contributed by atoms with Crippen LogP contribution in [-0.4, -0.2) is 76.4 Å². The van der Waals surface area contributed by atoms with Crippen LogP contribution in [0.25, 0.3) is 0 Å². The number of amides is 2. The number of carbonyl (C=O) groups excluding carboxylic acids is 3. The summed E-state index contributed by atoms with van der Waals surface area (Å²) in [4.78, 5) is 43.4. The molecule has 4 aliphatic heterocycles. The van der Waals surface area contributed by atoms with Crippen LogP contribution >= 0.6 is 0 Å². The van der Waals surface area contributed by atoms with Crippen LogP contribution in [0.2, 0.25) is 0 Å². The highest BCUT2D eigenvalue weighted by atomic mass is 16.6. The molecule has 9 heteroatoms. The molecule has 2 amide bonds. The van der Waals surface area contributed by atoms with E-state index in [2.05, 4.69) is 68.4 Å². The normalized spacial score (nSPS) is 43.6. The number of carbonyl (C=O) groups is 3. The van der Waals surface area contributed by atoms with E-state index in [1.807, 2.05) is 70.5 Å². The molecule has 5 saturated carbocycles. The summed E-state index contributed by atoms with van der Waals surface area (Å²) in [7, 11) is 0. The molecule has 0 aromatic heterocycles. The summed E-state index contributed by atoms with van der Waals surface area (Å²) in [5.41, 5.74) is 10.8. The summed E-state index contributed by atoms with van der Waals surface area (Å²) in [5.74, 6) is 7.82. The summed E-state index contributed by atoms with van der Waals surface area (Å²) in [6.45, 7) is 23.7. The molecule has 9 fully saturated rings. The van der Waals surface area contributed by atoms with E-state index in [1.165, 1.54) is 64.2 Å². The zero-order chi connectivity index (χ0) is 57.0. The molecule has 0 bridgehead atoms. The molecule has 0 radical (unpaired) electrons. The van der Waals surface area contributed by atoms with Gasteiger partial charge in [0.05, 0.1) is 35.5 Å². The Balaban J connectivity index is 0.000000154. The molecule has 20 atom stereocenters. The van der Waals surface area contributed by atoms with E-state index >= 15 is 0 Å². The fraction of sp³-hybridized carbons (Fsp3) is 0.712. The Hall–Kier alpha value is -4.21. The van der Waals surface area contributed by atoms with E-state index in [1.54, 1.807) is 27.9 Å². The second-order valence-electron chi connectivity index (χ2n) is 30.5. The number of Topliss-reactive ketones (excluding diaryl/α,β-unsaturated/α-hetero) is 1. The number of allylic oxidation sites excluding steroid dienone is 4. The van der Waals surface area contributed by atoms with Gasteiger partial charge in [-0.05, 0) is 211 Å². The van der Waals surface area contributed by atoms with E-state index < -0.39 is 0 Å². The zero-order valence-electron chi connectivity index (χ0n) is 51.6. The topological polar surface area (TPSA) is 94.6 Å². The van der Waals surface area contributed by atoms with Crippen molar-refractivity contribution in [1.82, 2.24) is 9.80 Å². The number of hydrogen-bond acceptors (Lipinski definition) is 7. The molecule has 0 unspecified atom stereocenters. The summed E-state index contributed by atoms with van der Waals surface area (Å²) >= 11 is 0. The average Bonchev–Trinajstić information content (AvgIpc) is 4.26. The Morgan fingerprint density at radius 2 is 1.06 bits per heavy atom. The van der Waals surface area contributed by atoms with Crippen LogP contribution in [0.5, 0.6) is 0 Å². The third-order valence-corrected chi connectivity index (χ3v) is 26.0. The third kappa shape index (κ3) is 9.82. The largest absolute Gasteiger partial charge is 0.445 e. The minimum Gasteiger partial charge on any atom is -0.445 e. The summed E-state index contributed by atoms with van der Waals surface area (Å²) in [6.07, 6.45) is 24.4. The summed E-state index contributed by atoms with van der Waals surface area (Å²) in [6, 6.07) is 20.2. The number of benzene rings is 2. The second-order valence-corrected chi connectivity index (χ2v) is 30.5. The molecular formula is C73H100N2O7. The number of rotatable bonds is 4. The number of fused-ring (bicyclic) bond motifs is 12. The molecule has 2 aromatic rings. The number of likely N-dealkylation sites (tertiary alicyclic amines) is 2. The third-order valence-electron chi connectivity index (χ3n) is 26.0. The van der Waals surface area contributed by atoms with Crippen LogP contribution in [0.15, 0.2) is 94.6 Å². The van der Waals surface area contributed by atoms with E-state index in [0.717, 1.165) is 118 Å². The first-order valence-electron chi connectivity index (χ1n) is 33.2. The maximum atomic E-state index is 13.5. The van der Waals surface area contributed by atoms with Crippen molar-refractivity contribution in [2.24, 2.45) is 81.8 Å². The van der Waals surface area contributed by atoms with Gasteiger partial charge in [0.1, 0.15) is 19.0 Å². The van der Waals surface area contributed by atoms with Gasteiger partial charge in [-0.15, -0.1) is 0 Å². The number of ketones is 1. The van der Waals surface area contributed by atoms with Gasteiger partial charge in [0.2, 0.25) is 0 Å². The van der Waals surface area contributed by atoms with Crippen molar-refractivity contribution in [3.8, 4) is 0 Å². The summed E-state index contributed by atoms with van der Waals surface area (Å²) < 4.78 is 26.1. The number of nitrogens with zero attached hydrogens (tertiary/aromatic N) is 2. The van der Waals surface area contributed by atoms with Gasteiger partial charge in [-0.2, -0.15) is 0 Å². The Labute approximate surface area is 492 Å². The molecule has 0 N–H and O–H groups in total. The lowest BCUT2D eigenvalue weighted by molar-refractivity contribution is -0.129. The molecule has 82 heavy (non-hydrogen) atoms. The number of hydrogen-bond donors (Lipinski definition) is 0. The maximum absolute atomic E-state index is 13.5. The van der Waals surface area contributed by atoms with E-state index in [-0.39, 0.29) is 53.6 Å². The smallest absolute Gasteiger partial charge is 0.410 e. The van der Waals surface area contributed by atoms with Gasteiger partial charge in [-0.3, -0.25) is 4.79 Å².